The third-order valence-corrected chi connectivity index (χ3v) is 4.76. The highest BCUT2D eigenvalue weighted by Gasteiger charge is 2.23. The van der Waals surface area contributed by atoms with Crippen LogP contribution >= 0.6 is 0 Å². The van der Waals surface area contributed by atoms with E-state index < -0.39 is 6.10 Å². The first-order valence-corrected chi connectivity index (χ1v) is 9.14. The normalized spacial score (nSPS) is 13.6. The summed E-state index contributed by atoms with van der Waals surface area (Å²) in [5, 5.41) is 9.08. The van der Waals surface area contributed by atoms with Crippen molar-refractivity contribution in [1.29, 1.82) is 5.26 Å². The minimum atomic E-state index is -0.502. The number of rotatable bonds is 5. The Morgan fingerprint density at radius 2 is 2.00 bits per heavy atom. The van der Waals surface area contributed by atoms with Crippen LogP contribution in [-0.2, 0) is 0 Å². The van der Waals surface area contributed by atoms with Crippen molar-refractivity contribution in [3.8, 4) is 23.3 Å². The van der Waals surface area contributed by atoms with Crippen molar-refractivity contribution in [2.45, 2.75) is 12.5 Å². The van der Waals surface area contributed by atoms with E-state index in [1.54, 1.807) is 49.8 Å². The monoisotopic (exact) mass is 386 g/mol. The zero-order valence-corrected chi connectivity index (χ0v) is 15.8. The summed E-state index contributed by atoms with van der Waals surface area (Å²) in [5.74, 6) is 1.74. The predicted octanol–water partition coefficient (Wildman–Crippen LogP) is 4.10. The number of ether oxygens (including phenoxy) is 3. The minimum absolute atomic E-state index is 0.0669. The van der Waals surface area contributed by atoms with Crippen LogP contribution < -0.4 is 14.2 Å². The van der Waals surface area contributed by atoms with E-state index in [9.17, 15) is 4.79 Å². The van der Waals surface area contributed by atoms with E-state index in [1.165, 1.54) is 0 Å². The van der Waals surface area contributed by atoms with Gasteiger partial charge in [-0.2, -0.15) is 5.26 Å². The summed E-state index contributed by atoms with van der Waals surface area (Å²) in [5.41, 5.74) is 2.78. The third-order valence-electron chi connectivity index (χ3n) is 4.76. The number of aromatic nitrogens is 1. The molecule has 4 rings (SSSR count). The quantitative estimate of drug-likeness (QED) is 0.657. The van der Waals surface area contributed by atoms with Gasteiger partial charge in [0.15, 0.2) is 11.9 Å². The van der Waals surface area contributed by atoms with Crippen LogP contribution in [0.5, 0.6) is 17.2 Å². The van der Waals surface area contributed by atoms with Gasteiger partial charge in [0.25, 0.3) is 0 Å². The molecular weight excluding hydrogens is 368 g/mol. The molecule has 0 fully saturated rings. The number of methoxy groups -OCH3 is 1. The second-order valence-electron chi connectivity index (χ2n) is 6.53. The number of ketones is 1. The second kappa shape index (κ2) is 8.03. The number of nitriles is 1. The molecule has 0 amide bonds. The van der Waals surface area contributed by atoms with Gasteiger partial charge in [-0.25, -0.2) is 0 Å². The van der Waals surface area contributed by atoms with E-state index in [1.807, 2.05) is 18.2 Å². The average molecular weight is 386 g/mol. The molecule has 0 aliphatic carbocycles. The fourth-order valence-corrected chi connectivity index (χ4v) is 3.27. The van der Waals surface area contributed by atoms with Crippen LogP contribution in [0.4, 0.5) is 0 Å². The third kappa shape index (κ3) is 3.76. The molecule has 1 atom stereocenters. The van der Waals surface area contributed by atoms with Crippen molar-refractivity contribution >= 4 is 5.78 Å². The molecule has 3 aromatic rings. The smallest absolute Gasteiger partial charge is 0.169 e. The van der Waals surface area contributed by atoms with Crippen LogP contribution in [0, 0.1) is 11.3 Å². The van der Waals surface area contributed by atoms with Gasteiger partial charge in [-0.15, -0.1) is 0 Å². The predicted molar refractivity (Wildman–Crippen MR) is 105 cm³/mol. The van der Waals surface area contributed by atoms with Crippen molar-refractivity contribution in [2.24, 2.45) is 0 Å². The molecule has 6 heteroatoms. The van der Waals surface area contributed by atoms with Crippen LogP contribution in [0.15, 0.2) is 60.9 Å². The highest BCUT2D eigenvalue weighted by molar-refractivity contribution is 5.99. The Morgan fingerprint density at radius 1 is 1.17 bits per heavy atom. The Bertz CT molecular complexity index is 1090. The number of carbonyl (C=O) groups excluding carboxylic acids is 1. The largest absolute Gasteiger partial charge is 0.495 e. The lowest BCUT2D eigenvalue weighted by Gasteiger charge is -2.23. The van der Waals surface area contributed by atoms with Gasteiger partial charge in [-0.3, -0.25) is 9.78 Å². The average Bonchev–Trinajstić information content (AvgIpc) is 2.78. The SMILES string of the molecule is COc1cnccc1[C@H](Oc1ccc2c(c1)OCCC2=O)c1ccc(C#N)cc1. The van der Waals surface area contributed by atoms with Crippen LogP contribution in [0.2, 0.25) is 0 Å². The Labute approximate surface area is 168 Å². The van der Waals surface area contributed by atoms with Crippen molar-refractivity contribution < 1.29 is 19.0 Å². The number of pyridine rings is 1. The van der Waals surface area contributed by atoms with Gasteiger partial charge < -0.3 is 14.2 Å². The molecule has 0 bridgehead atoms. The lowest BCUT2D eigenvalue weighted by Crippen LogP contribution is -2.16. The summed E-state index contributed by atoms with van der Waals surface area (Å²) in [6.45, 7) is 0.368. The fraction of sp³-hybridized carbons (Fsp3) is 0.174. The first-order valence-electron chi connectivity index (χ1n) is 9.14. The Morgan fingerprint density at radius 3 is 2.76 bits per heavy atom. The molecule has 2 aromatic carbocycles. The molecule has 29 heavy (non-hydrogen) atoms. The molecule has 0 N–H and O–H groups in total. The molecule has 2 heterocycles. The molecule has 0 unspecified atom stereocenters. The molecular formula is C23H18N2O4. The number of fused-ring (bicyclic) bond motifs is 1. The van der Waals surface area contributed by atoms with Crippen LogP contribution in [0.1, 0.15) is 39.6 Å². The van der Waals surface area contributed by atoms with E-state index >= 15 is 0 Å². The van der Waals surface area contributed by atoms with Crippen molar-refractivity contribution in [1.82, 2.24) is 4.98 Å². The number of Topliss-reactive ketones (excluding diaryl/α,β-unsaturated/α-hetero) is 1. The lowest BCUT2D eigenvalue weighted by atomic mass is 10.00. The number of hydrogen-bond acceptors (Lipinski definition) is 6. The highest BCUT2D eigenvalue weighted by Crippen LogP contribution is 2.36. The maximum Gasteiger partial charge on any atom is 0.169 e. The van der Waals surface area contributed by atoms with Crippen molar-refractivity contribution in [3.63, 3.8) is 0 Å². The standard InChI is InChI=1S/C23H18N2O4/c1-27-22-14-25-10-8-19(22)23(16-4-2-15(13-24)3-5-16)29-17-6-7-18-20(26)9-11-28-21(18)12-17/h2-8,10,12,14,23H,9,11H2,1H3/t23-/m1/s1. The van der Waals surface area contributed by atoms with E-state index in [4.69, 9.17) is 19.5 Å². The number of benzene rings is 2. The maximum atomic E-state index is 12.0. The van der Waals surface area contributed by atoms with Gasteiger partial charge in [0.1, 0.15) is 17.2 Å². The molecule has 1 aromatic heterocycles. The summed E-state index contributed by atoms with van der Waals surface area (Å²) >= 11 is 0. The summed E-state index contributed by atoms with van der Waals surface area (Å²) in [7, 11) is 1.58. The minimum Gasteiger partial charge on any atom is -0.495 e. The topological polar surface area (TPSA) is 81.4 Å². The van der Waals surface area contributed by atoms with Crippen LogP contribution in [-0.4, -0.2) is 24.5 Å². The summed E-state index contributed by atoms with van der Waals surface area (Å²) in [4.78, 5) is 16.1. The molecule has 0 spiro atoms. The van der Waals surface area contributed by atoms with E-state index in [0.29, 0.717) is 41.4 Å². The first-order chi connectivity index (χ1) is 14.2. The number of carbonyl (C=O) groups is 1. The maximum absolute atomic E-state index is 12.0. The summed E-state index contributed by atoms with van der Waals surface area (Å²) in [6, 6.07) is 16.4. The van der Waals surface area contributed by atoms with Crippen molar-refractivity contribution in [2.75, 3.05) is 13.7 Å². The molecule has 0 radical (unpaired) electrons. The van der Waals surface area contributed by atoms with Gasteiger partial charge in [0.05, 0.1) is 37.1 Å². The summed E-state index contributed by atoms with van der Waals surface area (Å²) in [6.07, 6.45) is 3.18. The molecule has 0 saturated carbocycles. The Balaban J connectivity index is 1.74. The van der Waals surface area contributed by atoms with E-state index in [0.717, 1.165) is 11.1 Å². The van der Waals surface area contributed by atoms with Crippen LogP contribution in [0.25, 0.3) is 0 Å². The van der Waals surface area contributed by atoms with Gasteiger partial charge in [-0.1, -0.05) is 12.1 Å². The zero-order chi connectivity index (χ0) is 20.2. The molecule has 1 aliphatic rings. The number of nitrogens with zero attached hydrogens (tertiary/aromatic N) is 2. The highest BCUT2D eigenvalue weighted by atomic mass is 16.5. The van der Waals surface area contributed by atoms with Gasteiger partial charge in [0, 0.05) is 24.2 Å². The van der Waals surface area contributed by atoms with E-state index in [-0.39, 0.29) is 5.78 Å². The van der Waals surface area contributed by atoms with Gasteiger partial charge in [0.2, 0.25) is 0 Å². The first kappa shape index (κ1) is 18.5. The van der Waals surface area contributed by atoms with Crippen LogP contribution in [0.3, 0.4) is 0 Å². The molecule has 144 valence electrons. The van der Waals surface area contributed by atoms with Gasteiger partial charge in [-0.05, 0) is 35.9 Å². The Hall–Kier alpha value is -3.85. The molecule has 1 aliphatic heterocycles. The fourth-order valence-electron chi connectivity index (χ4n) is 3.27. The van der Waals surface area contributed by atoms with E-state index in [2.05, 4.69) is 11.1 Å². The second-order valence-corrected chi connectivity index (χ2v) is 6.53. The Kier molecular flexibility index (Phi) is 5.12. The number of hydrogen-bond donors (Lipinski definition) is 0. The lowest BCUT2D eigenvalue weighted by molar-refractivity contribution is 0.0933. The summed E-state index contributed by atoms with van der Waals surface area (Å²) < 4.78 is 17.4. The zero-order valence-electron chi connectivity index (χ0n) is 15.8. The van der Waals surface area contributed by atoms with Crippen molar-refractivity contribution in [3.05, 3.63) is 83.2 Å². The molecule has 6 nitrogen and oxygen atoms in total. The van der Waals surface area contributed by atoms with Gasteiger partial charge >= 0.3 is 0 Å². The molecule has 0 saturated heterocycles.